The number of anilines is 2. The summed E-state index contributed by atoms with van der Waals surface area (Å²) in [6.45, 7) is 3.95. The number of fused-ring (bicyclic) bond motifs is 1. The summed E-state index contributed by atoms with van der Waals surface area (Å²) in [5.41, 5.74) is 1.43. The zero-order valence-corrected chi connectivity index (χ0v) is 19.2. The molecule has 0 fully saturated rings. The molecule has 2 N–H and O–H groups in total. The Hall–Kier alpha value is -3.63. The molecule has 0 aliphatic heterocycles. The highest BCUT2D eigenvalue weighted by Crippen LogP contribution is 2.31. The van der Waals surface area contributed by atoms with Gasteiger partial charge in [0.15, 0.2) is 5.65 Å². The molecule has 0 saturated heterocycles. The van der Waals surface area contributed by atoms with Gasteiger partial charge in [0.05, 0.1) is 33.2 Å². The predicted molar refractivity (Wildman–Crippen MR) is 124 cm³/mol. The van der Waals surface area contributed by atoms with E-state index in [4.69, 9.17) is 21.4 Å². The maximum Gasteiger partial charge on any atom is 0.335 e. The number of ether oxygens (including phenoxy) is 1. The topological polar surface area (TPSA) is 123 Å². The number of carbonyl (C=O) groups is 1. The minimum atomic E-state index is -3.93. The van der Waals surface area contributed by atoms with Crippen LogP contribution in [0, 0.1) is 6.92 Å². The Kier molecular flexibility index (Phi) is 5.96. The monoisotopic (exact) mass is 486 g/mol. The molecule has 9 nitrogen and oxygen atoms in total. The van der Waals surface area contributed by atoms with E-state index < -0.39 is 16.0 Å². The molecular formula is C22H19ClN4O5S. The molecule has 2 aromatic carbocycles. The van der Waals surface area contributed by atoms with Crippen molar-refractivity contribution in [2.24, 2.45) is 0 Å². The quantitative estimate of drug-likeness (QED) is 0.392. The number of nitrogens with one attached hydrogen (secondary N) is 1. The minimum Gasteiger partial charge on any atom is -0.478 e. The molecule has 0 saturated carbocycles. The van der Waals surface area contributed by atoms with Gasteiger partial charge in [0.2, 0.25) is 11.8 Å². The number of hydrogen-bond donors (Lipinski definition) is 2. The second-order valence-electron chi connectivity index (χ2n) is 7.08. The lowest BCUT2D eigenvalue weighted by Crippen LogP contribution is -2.13. The number of benzene rings is 2. The fourth-order valence-electron chi connectivity index (χ4n) is 3.15. The van der Waals surface area contributed by atoms with Gasteiger partial charge in [-0.25, -0.2) is 17.2 Å². The van der Waals surface area contributed by atoms with E-state index in [1.54, 1.807) is 25.1 Å². The van der Waals surface area contributed by atoms with E-state index >= 15 is 0 Å². The van der Waals surface area contributed by atoms with Gasteiger partial charge in [-0.1, -0.05) is 29.3 Å². The van der Waals surface area contributed by atoms with Crippen molar-refractivity contribution in [3.05, 3.63) is 70.9 Å². The van der Waals surface area contributed by atoms with Gasteiger partial charge in [0, 0.05) is 6.20 Å². The Balaban J connectivity index is 1.82. The van der Waals surface area contributed by atoms with Gasteiger partial charge in [-0.15, -0.1) is 0 Å². The Bertz CT molecular complexity index is 1470. The van der Waals surface area contributed by atoms with Crippen LogP contribution in [0.1, 0.15) is 22.8 Å². The van der Waals surface area contributed by atoms with Crippen LogP contribution in [0.5, 0.6) is 5.88 Å². The molecule has 0 atom stereocenters. The molecule has 0 spiro atoms. The number of nitrogens with zero attached hydrogens (tertiary/aromatic N) is 3. The molecule has 0 radical (unpaired) electrons. The maximum absolute atomic E-state index is 13.3. The summed E-state index contributed by atoms with van der Waals surface area (Å²) in [6, 6.07) is 12.2. The van der Waals surface area contributed by atoms with E-state index in [9.17, 15) is 13.2 Å². The van der Waals surface area contributed by atoms with E-state index in [1.807, 2.05) is 6.92 Å². The Morgan fingerprint density at radius 1 is 1.15 bits per heavy atom. The van der Waals surface area contributed by atoms with Crippen LogP contribution in [0.15, 0.2) is 59.6 Å². The lowest BCUT2D eigenvalue weighted by molar-refractivity contribution is 0.0697. The minimum absolute atomic E-state index is 0.0231. The molecule has 11 heteroatoms. The van der Waals surface area contributed by atoms with Gasteiger partial charge in [0.1, 0.15) is 0 Å². The van der Waals surface area contributed by atoms with Crippen molar-refractivity contribution in [1.82, 2.24) is 13.9 Å². The Labute approximate surface area is 194 Å². The lowest BCUT2D eigenvalue weighted by Gasteiger charge is -2.12. The third-order valence-corrected chi connectivity index (χ3v) is 6.79. The number of hydrogen-bond acceptors (Lipinski definition) is 7. The Morgan fingerprint density at radius 3 is 2.52 bits per heavy atom. The van der Waals surface area contributed by atoms with Crippen molar-refractivity contribution in [1.29, 1.82) is 0 Å². The molecule has 0 bridgehead atoms. The van der Waals surface area contributed by atoms with E-state index in [1.165, 1.54) is 36.5 Å². The van der Waals surface area contributed by atoms with Gasteiger partial charge in [-0.2, -0.15) is 9.97 Å². The van der Waals surface area contributed by atoms with E-state index in [-0.39, 0.29) is 33.0 Å². The second-order valence-corrected chi connectivity index (χ2v) is 9.30. The summed E-state index contributed by atoms with van der Waals surface area (Å²) in [5, 5.41) is 12.6. The standard InChI is InChI=1S/C22H19ClN4O5S/c1-3-32-20-16-10-11-27(33(30,31)15-7-4-13(2)5-8-15)19(16)25-22(26-20)24-18-9-6-14(21(28)29)12-17(18)23/h4-12H,3H2,1-2H3,(H,28,29)(H,24,25,26). The van der Waals surface area contributed by atoms with Crippen LogP contribution >= 0.6 is 11.6 Å². The fraction of sp³-hybridized carbons (Fsp3) is 0.136. The van der Waals surface area contributed by atoms with Crippen molar-refractivity contribution in [2.45, 2.75) is 18.7 Å². The molecule has 0 amide bonds. The SMILES string of the molecule is CCOc1nc(Nc2ccc(C(=O)O)cc2Cl)nc2c1ccn2S(=O)(=O)c1ccc(C)cc1. The van der Waals surface area contributed by atoms with Gasteiger partial charge in [-0.05, 0) is 50.2 Å². The normalized spacial score (nSPS) is 11.5. The molecule has 0 aliphatic rings. The number of aryl methyl sites for hydroxylation is 1. The second kappa shape index (κ2) is 8.72. The van der Waals surface area contributed by atoms with Crippen LogP contribution in [0.3, 0.4) is 0 Å². The lowest BCUT2D eigenvalue weighted by atomic mass is 10.2. The Morgan fingerprint density at radius 2 is 1.88 bits per heavy atom. The number of carboxylic acid groups (broad SMARTS) is 1. The summed E-state index contributed by atoms with van der Waals surface area (Å²) in [5.74, 6) is -0.880. The van der Waals surface area contributed by atoms with E-state index in [0.717, 1.165) is 9.54 Å². The summed E-state index contributed by atoms with van der Waals surface area (Å²) in [6.07, 6.45) is 1.40. The van der Waals surface area contributed by atoms with Gasteiger partial charge in [0.25, 0.3) is 10.0 Å². The molecule has 2 aromatic heterocycles. The molecule has 33 heavy (non-hydrogen) atoms. The van der Waals surface area contributed by atoms with Crippen molar-refractivity contribution in [3.8, 4) is 5.88 Å². The first-order valence-electron chi connectivity index (χ1n) is 9.84. The third kappa shape index (κ3) is 4.35. The van der Waals surface area contributed by atoms with Crippen LogP contribution in [-0.4, -0.2) is 40.0 Å². The fourth-order valence-corrected chi connectivity index (χ4v) is 4.68. The van der Waals surface area contributed by atoms with Gasteiger partial charge >= 0.3 is 5.97 Å². The summed E-state index contributed by atoms with van der Waals surface area (Å²) in [7, 11) is -3.93. The highest BCUT2D eigenvalue weighted by atomic mass is 35.5. The molecular weight excluding hydrogens is 468 g/mol. The third-order valence-electron chi connectivity index (χ3n) is 4.80. The number of carboxylic acids is 1. The van der Waals surface area contributed by atoms with Crippen molar-refractivity contribution < 1.29 is 23.1 Å². The average molecular weight is 487 g/mol. The van der Waals surface area contributed by atoms with Crippen LogP contribution in [0.25, 0.3) is 11.0 Å². The zero-order chi connectivity index (χ0) is 23.8. The van der Waals surface area contributed by atoms with E-state index in [0.29, 0.717) is 17.7 Å². The molecule has 2 heterocycles. The number of aromatic carboxylic acids is 1. The summed E-state index contributed by atoms with van der Waals surface area (Å²) >= 11 is 6.20. The molecule has 4 aromatic rings. The first-order chi connectivity index (χ1) is 15.7. The molecule has 0 unspecified atom stereocenters. The van der Waals surface area contributed by atoms with Crippen molar-refractivity contribution in [3.63, 3.8) is 0 Å². The predicted octanol–water partition coefficient (Wildman–Crippen LogP) is 4.47. The largest absolute Gasteiger partial charge is 0.478 e. The summed E-state index contributed by atoms with van der Waals surface area (Å²) < 4.78 is 33.2. The van der Waals surface area contributed by atoms with Gasteiger partial charge in [-0.3, -0.25) is 0 Å². The highest BCUT2D eigenvalue weighted by Gasteiger charge is 2.23. The molecule has 0 aliphatic carbocycles. The van der Waals surface area contributed by atoms with Crippen LogP contribution < -0.4 is 10.1 Å². The zero-order valence-electron chi connectivity index (χ0n) is 17.6. The maximum atomic E-state index is 13.3. The van der Waals surface area contributed by atoms with Gasteiger partial charge < -0.3 is 15.2 Å². The number of rotatable bonds is 7. The van der Waals surface area contributed by atoms with Crippen LogP contribution in [-0.2, 0) is 10.0 Å². The number of halogens is 1. The van der Waals surface area contributed by atoms with Crippen molar-refractivity contribution in [2.75, 3.05) is 11.9 Å². The van der Waals surface area contributed by atoms with Crippen LogP contribution in [0.2, 0.25) is 5.02 Å². The highest BCUT2D eigenvalue weighted by molar-refractivity contribution is 7.90. The summed E-state index contributed by atoms with van der Waals surface area (Å²) in [4.78, 5) is 20.0. The first kappa shape index (κ1) is 22.6. The first-order valence-corrected chi connectivity index (χ1v) is 11.7. The molecule has 170 valence electrons. The number of aromatic nitrogens is 3. The van der Waals surface area contributed by atoms with Crippen LogP contribution in [0.4, 0.5) is 11.6 Å². The van der Waals surface area contributed by atoms with Crippen molar-refractivity contribution >= 4 is 50.3 Å². The smallest absolute Gasteiger partial charge is 0.335 e. The average Bonchev–Trinajstić information content (AvgIpc) is 3.21. The van der Waals surface area contributed by atoms with E-state index in [2.05, 4.69) is 15.3 Å². The molecule has 4 rings (SSSR count).